The third kappa shape index (κ3) is 4.47. The van der Waals surface area contributed by atoms with Gasteiger partial charge in [-0.05, 0) is 0 Å². The zero-order valence-corrected chi connectivity index (χ0v) is 14.4. The number of nitrogens with zero attached hydrogens (tertiary/aromatic N) is 3. The van der Waals surface area contributed by atoms with Gasteiger partial charge in [-0.1, -0.05) is 0 Å². The van der Waals surface area contributed by atoms with E-state index in [2.05, 4.69) is 20.3 Å². The molecule has 5 N–H and O–H groups in total. The van der Waals surface area contributed by atoms with Gasteiger partial charge in [-0.2, -0.15) is 15.0 Å². The Bertz CT molecular complexity index is 821. The van der Waals surface area contributed by atoms with Crippen molar-refractivity contribution in [1.29, 1.82) is 0 Å². The van der Waals surface area contributed by atoms with Crippen molar-refractivity contribution in [2.75, 3.05) is 31.0 Å². The molecule has 1 aromatic carbocycles. The normalized spacial score (nSPS) is 10.1. The number of methoxy groups -OCH3 is 2. The first-order chi connectivity index (χ1) is 12.3. The van der Waals surface area contributed by atoms with Crippen LogP contribution in [-0.2, 0) is 16.1 Å². The standard InChI is InChI=1S/C15H18N6O5/c1-7(22)18-9-5-11(25-3)10(24-2)4-8(9)13(23)26-6-12-19-14(16)21-15(17)20-12/h4-5H,6H2,1-3H3,(H,18,22)(H4,16,17,19,20,21). The van der Waals surface area contributed by atoms with Crippen molar-refractivity contribution < 1.29 is 23.8 Å². The Labute approximate surface area is 148 Å². The minimum atomic E-state index is -0.743. The van der Waals surface area contributed by atoms with Gasteiger partial charge >= 0.3 is 5.97 Å². The number of esters is 1. The number of hydrogen-bond acceptors (Lipinski definition) is 10. The molecule has 0 unspecified atom stereocenters. The number of hydrogen-bond donors (Lipinski definition) is 3. The van der Waals surface area contributed by atoms with Crippen LogP contribution in [0.15, 0.2) is 12.1 Å². The summed E-state index contributed by atoms with van der Waals surface area (Å²) in [6.45, 7) is 1.02. The summed E-state index contributed by atoms with van der Waals surface area (Å²) in [4.78, 5) is 35.1. The van der Waals surface area contributed by atoms with E-state index in [9.17, 15) is 9.59 Å². The van der Waals surface area contributed by atoms with Crippen molar-refractivity contribution in [3.05, 3.63) is 23.5 Å². The highest BCUT2D eigenvalue weighted by molar-refractivity contribution is 6.01. The second-order valence-electron chi connectivity index (χ2n) is 4.98. The maximum atomic E-state index is 12.5. The number of carbonyl (C=O) groups excluding carboxylic acids is 2. The Morgan fingerprint density at radius 3 is 2.15 bits per heavy atom. The van der Waals surface area contributed by atoms with E-state index in [1.807, 2.05) is 0 Å². The number of ether oxygens (including phenoxy) is 3. The Morgan fingerprint density at radius 2 is 1.62 bits per heavy atom. The zero-order valence-electron chi connectivity index (χ0n) is 14.4. The van der Waals surface area contributed by atoms with Crippen LogP contribution in [0.2, 0.25) is 0 Å². The molecule has 2 rings (SSSR count). The van der Waals surface area contributed by atoms with Crippen LogP contribution in [-0.4, -0.2) is 41.0 Å². The summed E-state index contributed by atoms with van der Waals surface area (Å²) in [5.41, 5.74) is 11.2. The molecule has 11 heteroatoms. The second-order valence-corrected chi connectivity index (χ2v) is 4.98. The van der Waals surface area contributed by atoms with Gasteiger partial charge in [0.1, 0.15) is 0 Å². The zero-order chi connectivity index (χ0) is 19.3. The first-order valence-electron chi connectivity index (χ1n) is 7.30. The van der Waals surface area contributed by atoms with Gasteiger partial charge in [0.25, 0.3) is 0 Å². The molecular weight excluding hydrogens is 344 g/mol. The molecule has 0 aliphatic heterocycles. The molecule has 0 radical (unpaired) electrons. The fourth-order valence-electron chi connectivity index (χ4n) is 2.07. The molecular formula is C15H18N6O5. The van der Waals surface area contributed by atoms with Crippen LogP contribution >= 0.6 is 0 Å². The lowest BCUT2D eigenvalue weighted by atomic mass is 10.1. The average Bonchev–Trinajstić information content (AvgIpc) is 2.58. The number of anilines is 3. The molecule has 2 aromatic rings. The minimum absolute atomic E-state index is 0.0628. The van der Waals surface area contributed by atoms with Crippen molar-refractivity contribution in [3.8, 4) is 11.5 Å². The number of benzene rings is 1. The van der Waals surface area contributed by atoms with Crippen molar-refractivity contribution in [3.63, 3.8) is 0 Å². The van der Waals surface area contributed by atoms with Gasteiger partial charge in [-0.25, -0.2) is 4.79 Å². The summed E-state index contributed by atoms with van der Waals surface area (Å²) in [6.07, 6.45) is 0. The minimum Gasteiger partial charge on any atom is -0.493 e. The summed E-state index contributed by atoms with van der Waals surface area (Å²) in [7, 11) is 2.85. The van der Waals surface area contributed by atoms with Crippen LogP contribution in [0.4, 0.5) is 17.6 Å². The molecule has 0 bridgehead atoms. The van der Waals surface area contributed by atoms with Gasteiger partial charge in [0, 0.05) is 19.1 Å². The summed E-state index contributed by atoms with van der Waals surface area (Å²) in [5.74, 6) is -0.573. The van der Waals surface area contributed by atoms with Gasteiger partial charge < -0.3 is 31.0 Å². The first-order valence-corrected chi connectivity index (χ1v) is 7.30. The Balaban J connectivity index is 2.29. The average molecular weight is 362 g/mol. The van der Waals surface area contributed by atoms with E-state index >= 15 is 0 Å². The summed E-state index contributed by atoms with van der Waals surface area (Å²) in [6, 6.07) is 2.85. The number of aromatic nitrogens is 3. The number of nitrogens with one attached hydrogen (secondary N) is 1. The molecule has 0 saturated heterocycles. The SMILES string of the molecule is COc1cc(NC(C)=O)c(C(=O)OCc2nc(N)nc(N)n2)cc1OC. The lowest BCUT2D eigenvalue weighted by Crippen LogP contribution is -2.15. The molecule has 0 spiro atoms. The lowest BCUT2D eigenvalue weighted by molar-refractivity contribution is -0.114. The molecule has 138 valence electrons. The van der Waals surface area contributed by atoms with E-state index in [0.717, 1.165) is 0 Å². The van der Waals surface area contributed by atoms with Crippen molar-refractivity contribution in [2.24, 2.45) is 0 Å². The van der Waals surface area contributed by atoms with Gasteiger partial charge in [-0.3, -0.25) is 4.79 Å². The first kappa shape index (κ1) is 18.7. The van der Waals surface area contributed by atoms with Gasteiger partial charge in [-0.15, -0.1) is 0 Å². The topological polar surface area (TPSA) is 165 Å². The number of rotatable bonds is 6. The maximum Gasteiger partial charge on any atom is 0.340 e. The molecule has 0 aliphatic rings. The van der Waals surface area contributed by atoms with E-state index in [1.54, 1.807) is 0 Å². The van der Waals surface area contributed by atoms with Crippen LogP contribution < -0.4 is 26.3 Å². The lowest BCUT2D eigenvalue weighted by Gasteiger charge is -2.14. The molecule has 0 atom stereocenters. The molecule has 26 heavy (non-hydrogen) atoms. The molecule has 1 heterocycles. The van der Waals surface area contributed by atoms with E-state index in [1.165, 1.54) is 33.3 Å². The van der Waals surface area contributed by atoms with Crippen LogP contribution in [0.3, 0.4) is 0 Å². The monoisotopic (exact) mass is 362 g/mol. The molecule has 0 fully saturated rings. The van der Waals surface area contributed by atoms with Gasteiger partial charge in [0.05, 0.1) is 25.5 Å². The van der Waals surface area contributed by atoms with Crippen LogP contribution in [0.25, 0.3) is 0 Å². The van der Waals surface area contributed by atoms with Crippen molar-refractivity contribution in [1.82, 2.24) is 15.0 Å². The molecule has 11 nitrogen and oxygen atoms in total. The summed E-state index contributed by atoms with van der Waals surface area (Å²) in [5, 5.41) is 2.54. The quantitative estimate of drug-likeness (QED) is 0.611. The maximum absolute atomic E-state index is 12.5. The highest BCUT2D eigenvalue weighted by Crippen LogP contribution is 2.33. The number of carbonyl (C=O) groups is 2. The second kappa shape index (κ2) is 7.96. The third-order valence-corrected chi connectivity index (χ3v) is 3.10. The number of nitrogens with two attached hydrogens (primary N) is 2. The van der Waals surface area contributed by atoms with Gasteiger partial charge in [0.2, 0.25) is 17.8 Å². The Morgan fingerprint density at radius 1 is 1.04 bits per heavy atom. The van der Waals surface area contributed by atoms with Crippen molar-refractivity contribution >= 4 is 29.5 Å². The van der Waals surface area contributed by atoms with E-state index < -0.39 is 5.97 Å². The number of amides is 1. The molecule has 0 saturated carbocycles. The largest absolute Gasteiger partial charge is 0.493 e. The fourth-order valence-corrected chi connectivity index (χ4v) is 2.07. The summed E-state index contributed by atoms with van der Waals surface area (Å²) >= 11 is 0. The van der Waals surface area contributed by atoms with Crippen molar-refractivity contribution in [2.45, 2.75) is 13.5 Å². The van der Waals surface area contributed by atoms with Crippen LogP contribution in [0.1, 0.15) is 23.1 Å². The van der Waals surface area contributed by atoms with Gasteiger partial charge in [0.15, 0.2) is 23.9 Å². The Hall–Kier alpha value is -3.63. The van der Waals surface area contributed by atoms with E-state index in [0.29, 0.717) is 11.5 Å². The predicted molar refractivity (Wildman–Crippen MR) is 91.6 cm³/mol. The van der Waals surface area contributed by atoms with Crippen LogP contribution in [0.5, 0.6) is 11.5 Å². The molecule has 0 aliphatic carbocycles. The van der Waals surface area contributed by atoms with Crippen LogP contribution in [0, 0.1) is 0 Å². The predicted octanol–water partition coefficient (Wildman–Crippen LogP) is 0.369. The van der Waals surface area contributed by atoms with E-state index in [-0.39, 0.29) is 41.5 Å². The third-order valence-electron chi connectivity index (χ3n) is 3.10. The molecule has 1 aromatic heterocycles. The smallest absolute Gasteiger partial charge is 0.340 e. The Kier molecular flexibility index (Phi) is 5.73. The fraction of sp³-hybridized carbons (Fsp3) is 0.267. The molecule has 1 amide bonds. The highest BCUT2D eigenvalue weighted by Gasteiger charge is 2.19. The number of nitrogen functional groups attached to an aromatic ring is 2. The van der Waals surface area contributed by atoms with E-state index in [4.69, 9.17) is 25.7 Å². The summed E-state index contributed by atoms with van der Waals surface area (Å²) < 4.78 is 15.5. The highest BCUT2D eigenvalue weighted by atomic mass is 16.5.